The molecular weight excluding hydrogens is 250 g/mol. The summed E-state index contributed by atoms with van der Waals surface area (Å²) in [5.74, 6) is -0.311. The van der Waals surface area contributed by atoms with Gasteiger partial charge in [-0.25, -0.2) is 0 Å². The van der Waals surface area contributed by atoms with E-state index in [1.54, 1.807) is 12.1 Å². The van der Waals surface area contributed by atoms with E-state index >= 15 is 0 Å². The summed E-state index contributed by atoms with van der Waals surface area (Å²) in [6.45, 7) is 1.61. The summed E-state index contributed by atoms with van der Waals surface area (Å²) in [7, 11) is 2.00. The van der Waals surface area contributed by atoms with Gasteiger partial charge in [0.1, 0.15) is 5.54 Å². The van der Waals surface area contributed by atoms with Crippen LogP contribution in [0.15, 0.2) is 24.3 Å². The zero-order valence-electron chi connectivity index (χ0n) is 10.4. The fourth-order valence-electron chi connectivity index (χ4n) is 2.48. The second-order valence-corrected chi connectivity index (χ2v) is 5.36. The maximum atomic E-state index is 11.8. The number of halogens is 1. The van der Waals surface area contributed by atoms with Crippen molar-refractivity contribution < 1.29 is 4.79 Å². The van der Waals surface area contributed by atoms with Gasteiger partial charge in [0, 0.05) is 17.3 Å². The number of rotatable bonds is 3. The van der Waals surface area contributed by atoms with Crippen LogP contribution in [0.3, 0.4) is 0 Å². The Bertz CT molecular complexity index is 452. The number of likely N-dealkylation sites (N-methyl/N-ethyl adjacent to an activating group) is 1. The van der Waals surface area contributed by atoms with E-state index in [-0.39, 0.29) is 5.91 Å². The van der Waals surface area contributed by atoms with Crippen molar-refractivity contribution in [2.24, 2.45) is 5.73 Å². The number of hydrogen-bond donors (Lipinski definition) is 2. The van der Waals surface area contributed by atoms with Gasteiger partial charge in [-0.1, -0.05) is 17.7 Å². The molecule has 1 saturated heterocycles. The molecule has 0 saturated carbocycles. The molecule has 3 N–H and O–H groups in total. The van der Waals surface area contributed by atoms with Crippen LogP contribution >= 0.6 is 11.6 Å². The van der Waals surface area contributed by atoms with E-state index in [2.05, 4.69) is 10.2 Å². The molecule has 98 valence electrons. The van der Waals surface area contributed by atoms with Gasteiger partial charge in [-0.2, -0.15) is 0 Å². The Kier molecular flexibility index (Phi) is 3.78. The van der Waals surface area contributed by atoms with E-state index in [9.17, 15) is 4.79 Å². The number of carbonyl (C=O) groups is 1. The van der Waals surface area contributed by atoms with Crippen molar-refractivity contribution in [1.29, 1.82) is 0 Å². The zero-order valence-corrected chi connectivity index (χ0v) is 11.2. The average Bonchev–Trinajstić information content (AvgIpc) is 2.28. The molecule has 0 radical (unpaired) electrons. The van der Waals surface area contributed by atoms with Gasteiger partial charge in [-0.15, -0.1) is 0 Å². The summed E-state index contributed by atoms with van der Waals surface area (Å²) in [4.78, 5) is 13.9. The molecule has 1 amide bonds. The van der Waals surface area contributed by atoms with Gasteiger partial charge in [-0.05, 0) is 44.6 Å². The first-order valence-corrected chi connectivity index (χ1v) is 6.42. The molecule has 1 aromatic carbocycles. The molecule has 18 heavy (non-hydrogen) atoms. The third-order valence-electron chi connectivity index (χ3n) is 3.36. The Morgan fingerprint density at radius 1 is 1.56 bits per heavy atom. The Morgan fingerprint density at radius 2 is 2.33 bits per heavy atom. The van der Waals surface area contributed by atoms with Gasteiger partial charge in [0.15, 0.2) is 0 Å². The van der Waals surface area contributed by atoms with Crippen LogP contribution in [-0.4, -0.2) is 36.5 Å². The molecule has 0 bridgehead atoms. The number of anilines is 1. The number of primary amides is 1. The fourth-order valence-corrected chi connectivity index (χ4v) is 2.67. The number of likely N-dealkylation sites (tertiary alicyclic amines) is 1. The van der Waals surface area contributed by atoms with E-state index in [1.807, 2.05) is 19.2 Å². The van der Waals surface area contributed by atoms with Crippen LogP contribution in [0.2, 0.25) is 5.02 Å². The highest BCUT2D eigenvalue weighted by Crippen LogP contribution is 2.26. The number of hydrogen-bond acceptors (Lipinski definition) is 3. The highest BCUT2D eigenvalue weighted by atomic mass is 35.5. The van der Waals surface area contributed by atoms with Crippen LogP contribution in [-0.2, 0) is 4.79 Å². The normalized spacial score (nSPS) is 24.8. The molecule has 1 heterocycles. The molecule has 4 nitrogen and oxygen atoms in total. The minimum atomic E-state index is -0.697. The van der Waals surface area contributed by atoms with Gasteiger partial charge >= 0.3 is 0 Å². The first-order valence-electron chi connectivity index (χ1n) is 6.04. The summed E-state index contributed by atoms with van der Waals surface area (Å²) in [5.41, 5.74) is 5.72. The van der Waals surface area contributed by atoms with Crippen LogP contribution in [0.1, 0.15) is 12.8 Å². The number of piperidine rings is 1. The lowest BCUT2D eigenvalue weighted by Gasteiger charge is -2.40. The first-order chi connectivity index (χ1) is 8.52. The predicted molar refractivity (Wildman–Crippen MR) is 73.7 cm³/mol. The second kappa shape index (κ2) is 5.16. The van der Waals surface area contributed by atoms with Gasteiger partial charge < -0.3 is 16.0 Å². The SMILES string of the molecule is CN1CCCC(Nc2cccc(Cl)c2)(C(N)=O)C1. The number of carbonyl (C=O) groups excluding carboxylic acids is 1. The fraction of sp³-hybridized carbons (Fsp3) is 0.462. The van der Waals surface area contributed by atoms with E-state index in [0.717, 1.165) is 25.1 Å². The van der Waals surface area contributed by atoms with Crippen molar-refractivity contribution in [2.45, 2.75) is 18.4 Å². The molecule has 1 aliphatic heterocycles. The number of nitrogens with zero attached hydrogens (tertiary/aromatic N) is 1. The Labute approximate surface area is 112 Å². The third kappa shape index (κ3) is 2.76. The highest BCUT2D eigenvalue weighted by Gasteiger charge is 2.39. The monoisotopic (exact) mass is 267 g/mol. The van der Waals surface area contributed by atoms with Crippen molar-refractivity contribution in [3.63, 3.8) is 0 Å². The summed E-state index contributed by atoms with van der Waals surface area (Å²) >= 11 is 5.95. The minimum Gasteiger partial charge on any atom is -0.370 e. The summed E-state index contributed by atoms with van der Waals surface area (Å²) in [5, 5.41) is 3.91. The van der Waals surface area contributed by atoms with E-state index in [4.69, 9.17) is 17.3 Å². The maximum Gasteiger partial charge on any atom is 0.244 e. The van der Waals surface area contributed by atoms with Crippen molar-refractivity contribution in [2.75, 3.05) is 25.5 Å². The van der Waals surface area contributed by atoms with Crippen molar-refractivity contribution in [3.8, 4) is 0 Å². The van der Waals surface area contributed by atoms with Gasteiger partial charge in [0.2, 0.25) is 5.91 Å². The second-order valence-electron chi connectivity index (χ2n) is 4.92. The number of nitrogens with one attached hydrogen (secondary N) is 1. The lowest BCUT2D eigenvalue weighted by Crippen LogP contribution is -2.59. The van der Waals surface area contributed by atoms with Crippen LogP contribution in [0.4, 0.5) is 5.69 Å². The van der Waals surface area contributed by atoms with Crippen LogP contribution in [0, 0.1) is 0 Å². The Hall–Kier alpha value is -1.26. The molecule has 0 spiro atoms. The van der Waals surface area contributed by atoms with E-state index in [1.165, 1.54) is 0 Å². The smallest absolute Gasteiger partial charge is 0.244 e. The Balaban J connectivity index is 2.23. The number of amides is 1. The van der Waals surface area contributed by atoms with Crippen molar-refractivity contribution in [3.05, 3.63) is 29.3 Å². The predicted octanol–water partition coefficient (Wildman–Crippen LogP) is 1.70. The molecule has 5 heteroatoms. The lowest BCUT2D eigenvalue weighted by molar-refractivity contribution is -0.123. The summed E-state index contributed by atoms with van der Waals surface area (Å²) < 4.78 is 0. The van der Waals surface area contributed by atoms with E-state index in [0.29, 0.717) is 11.6 Å². The highest BCUT2D eigenvalue weighted by molar-refractivity contribution is 6.30. The summed E-state index contributed by atoms with van der Waals surface area (Å²) in [6.07, 6.45) is 1.70. The van der Waals surface area contributed by atoms with Crippen LogP contribution < -0.4 is 11.1 Å². The summed E-state index contributed by atoms with van der Waals surface area (Å²) in [6, 6.07) is 7.36. The molecule has 0 aliphatic carbocycles. The van der Waals surface area contributed by atoms with Crippen molar-refractivity contribution in [1.82, 2.24) is 4.90 Å². The average molecular weight is 268 g/mol. The first kappa shape index (κ1) is 13.2. The van der Waals surface area contributed by atoms with Crippen LogP contribution in [0.5, 0.6) is 0 Å². The molecule has 1 aliphatic rings. The van der Waals surface area contributed by atoms with Gasteiger partial charge in [0.25, 0.3) is 0 Å². The molecule has 2 rings (SSSR count). The topological polar surface area (TPSA) is 58.4 Å². The maximum absolute atomic E-state index is 11.8. The Morgan fingerprint density at radius 3 is 2.94 bits per heavy atom. The molecule has 1 unspecified atom stereocenters. The van der Waals surface area contributed by atoms with Gasteiger partial charge in [0.05, 0.1) is 0 Å². The largest absolute Gasteiger partial charge is 0.370 e. The van der Waals surface area contributed by atoms with Crippen molar-refractivity contribution >= 4 is 23.2 Å². The third-order valence-corrected chi connectivity index (χ3v) is 3.60. The zero-order chi connectivity index (χ0) is 13.2. The minimum absolute atomic E-state index is 0.311. The molecular formula is C13H18ClN3O. The lowest BCUT2D eigenvalue weighted by atomic mass is 9.88. The molecule has 1 aromatic rings. The standard InChI is InChI=1S/C13H18ClN3O/c1-17-7-3-6-13(9-17,12(15)18)16-11-5-2-4-10(14)8-11/h2,4-5,8,16H,3,6-7,9H2,1H3,(H2,15,18). The molecule has 1 atom stereocenters. The van der Waals surface area contributed by atoms with Crippen LogP contribution in [0.25, 0.3) is 0 Å². The number of benzene rings is 1. The number of nitrogens with two attached hydrogens (primary N) is 1. The quantitative estimate of drug-likeness (QED) is 0.876. The van der Waals surface area contributed by atoms with Gasteiger partial charge in [-0.3, -0.25) is 4.79 Å². The van der Waals surface area contributed by atoms with E-state index < -0.39 is 5.54 Å². The molecule has 1 fully saturated rings. The molecule has 0 aromatic heterocycles.